The van der Waals surface area contributed by atoms with Crippen molar-refractivity contribution in [3.05, 3.63) is 70.6 Å². The zero-order valence-electron chi connectivity index (χ0n) is 13.9. The molecule has 1 aromatic heterocycles. The first-order valence-electron chi connectivity index (χ1n) is 7.77. The van der Waals surface area contributed by atoms with E-state index >= 15 is 0 Å². The smallest absolute Gasteiger partial charge is 0.337 e. The van der Waals surface area contributed by atoms with Crippen molar-refractivity contribution in [1.82, 2.24) is 0 Å². The van der Waals surface area contributed by atoms with Crippen LogP contribution in [0.15, 0.2) is 54.6 Å². The van der Waals surface area contributed by atoms with Crippen molar-refractivity contribution in [3.63, 3.8) is 0 Å². The molecule has 0 fully saturated rings. The first-order valence-corrected chi connectivity index (χ1v) is 8.59. The van der Waals surface area contributed by atoms with E-state index in [-0.39, 0.29) is 17.2 Å². The fourth-order valence-corrected chi connectivity index (χ4v) is 3.94. The van der Waals surface area contributed by atoms with Gasteiger partial charge < -0.3 is 10.4 Å². The minimum Gasteiger partial charge on any atom is -0.478 e. The molecule has 2 aromatic carbocycles. The highest BCUT2D eigenvalue weighted by molar-refractivity contribution is 7.20. The number of carbonyl (C=O) groups excluding carboxylic acids is 1. The molecular formula is C20H17NO3S. The lowest BCUT2D eigenvalue weighted by Crippen LogP contribution is -2.12. The normalized spacial score (nSPS) is 11.5. The summed E-state index contributed by atoms with van der Waals surface area (Å²) in [4.78, 5) is 24.6. The number of anilines is 1. The second-order valence-electron chi connectivity index (χ2n) is 5.72. The highest BCUT2D eigenvalue weighted by Gasteiger charge is 2.13. The fourth-order valence-electron chi connectivity index (χ4n) is 2.76. The summed E-state index contributed by atoms with van der Waals surface area (Å²) < 4.78 is 1.18. The van der Waals surface area contributed by atoms with E-state index < -0.39 is 5.97 Å². The number of fused-ring (bicyclic) bond motifs is 1. The molecule has 126 valence electrons. The van der Waals surface area contributed by atoms with Gasteiger partial charge in [0.2, 0.25) is 5.91 Å². The monoisotopic (exact) mass is 351 g/mol. The highest BCUT2D eigenvalue weighted by Crippen LogP contribution is 2.34. The number of aromatic carboxylic acids is 1. The predicted molar refractivity (Wildman–Crippen MR) is 102 cm³/mol. The molecule has 25 heavy (non-hydrogen) atoms. The Morgan fingerprint density at radius 3 is 2.48 bits per heavy atom. The fraction of sp³-hybridized carbons (Fsp3) is 0.100. The summed E-state index contributed by atoms with van der Waals surface area (Å²) in [6.07, 6.45) is 1.51. The maximum absolute atomic E-state index is 12.3. The third kappa shape index (κ3) is 3.46. The first-order chi connectivity index (χ1) is 12.0. The third-order valence-corrected chi connectivity index (χ3v) is 5.37. The van der Waals surface area contributed by atoms with Gasteiger partial charge in [0, 0.05) is 15.7 Å². The zero-order chi connectivity index (χ0) is 18.0. The summed E-state index contributed by atoms with van der Waals surface area (Å²) in [6.45, 7) is 3.93. The van der Waals surface area contributed by atoms with Crippen LogP contribution in [0.1, 0.15) is 27.7 Å². The van der Waals surface area contributed by atoms with Gasteiger partial charge in [-0.25, -0.2) is 4.79 Å². The Morgan fingerprint density at radius 2 is 1.76 bits per heavy atom. The van der Waals surface area contributed by atoms with E-state index in [1.807, 2.05) is 26.0 Å². The van der Waals surface area contributed by atoms with Crippen molar-refractivity contribution in [2.45, 2.75) is 13.8 Å². The average molecular weight is 351 g/mol. The van der Waals surface area contributed by atoms with Gasteiger partial charge >= 0.3 is 5.97 Å². The van der Waals surface area contributed by atoms with Gasteiger partial charge in [-0.2, -0.15) is 0 Å². The van der Waals surface area contributed by atoms with Gasteiger partial charge in [0.05, 0.1) is 11.3 Å². The number of para-hydroxylation sites is 1. The zero-order valence-corrected chi connectivity index (χ0v) is 14.7. The quantitative estimate of drug-likeness (QED) is 0.654. The Labute approximate surface area is 149 Å². The third-order valence-electron chi connectivity index (χ3n) is 3.96. The van der Waals surface area contributed by atoms with Gasteiger partial charge in [0.1, 0.15) is 0 Å². The number of rotatable bonds is 4. The molecule has 0 radical (unpaired) electrons. The van der Waals surface area contributed by atoms with Gasteiger partial charge in [-0.05, 0) is 48.6 Å². The minimum absolute atomic E-state index is 0.0694. The van der Waals surface area contributed by atoms with E-state index in [9.17, 15) is 14.7 Å². The Bertz CT molecular complexity index is 1000. The molecule has 0 spiro atoms. The van der Waals surface area contributed by atoms with Crippen LogP contribution in [-0.2, 0) is 4.79 Å². The molecule has 3 aromatic rings. The number of hydrogen-bond acceptors (Lipinski definition) is 3. The lowest BCUT2D eigenvalue weighted by molar-refractivity contribution is -0.111. The van der Waals surface area contributed by atoms with Crippen LogP contribution in [0.3, 0.4) is 0 Å². The van der Waals surface area contributed by atoms with Crippen LogP contribution >= 0.6 is 11.3 Å². The number of nitrogens with one attached hydrogen (secondary N) is 1. The van der Waals surface area contributed by atoms with Crippen LogP contribution in [-0.4, -0.2) is 17.0 Å². The molecule has 0 saturated carbocycles. The molecule has 1 heterocycles. The maximum Gasteiger partial charge on any atom is 0.337 e. The van der Waals surface area contributed by atoms with E-state index in [0.29, 0.717) is 0 Å². The summed E-state index contributed by atoms with van der Waals surface area (Å²) in [5.41, 5.74) is 2.36. The molecule has 0 aliphatic rings. The minimum atomic E-state index is -1.07. The Balaban J connectivity index is 1.88. The lowest BCUT2D eigenvalue weighted by Gasteiger charge is -2.07. The van der Waals surface area contributed by atoms with Gasteiger partial charge in [-0.15, -0.1) is 11.3 Å². The van der Waals surface area contributed by atoms with E-state index in [2.05, 4.69) is 17.4 Å². The summed E-state index contributed by atoms with van der Waals surface area (Å²) in [7, 11) is 0. The Morgan fingerprint density at radius 1 is 1.08 bits per heavy atom. The number of allylic oxidation sites excluding steroid dienone is 1. The van der Waals surface area contributed by atoms with E-state index in [1.165, 1.54) is 22.2 Å². The van der Waals surface area contributed by atoms with Crippen LogP contribution < -0.4 is 5.32 Å². The molecule has 0 aliphatic carbocycles. The topological polar surface area (TPSA) is 66.4 Å². The van der Waals surface area contributed by atoms with Crippen molar-refractivity contribution in [2.75, 3.05) is 5.32 Å². The second kappa shape index (κ2) is 6.91. The first kappa shape index (κ1) is 16.9. The van der Waals surface area contributed by atoms with Gasteiger partial charge in [-0.1, -0.05) is 30.3 Å². The number of carboxylic acids is 1. The Hall–Kier alpha value is -2.92. The van der Waals surface area contributed by atoms with Gasteiger partial charge in [0.25, 0.3) is 0 Å². The molecule has 5 heteroatoms. The van der Waals surface area contributed by atoms with Crippen LogP contribution in [0, 0.1) is 6.92 Å². The molecule has 0 bridgehead atoms. The average Bonchev–Trinajstić information content (AvgIpc) is 2.92. The second-order valence-corrected chi connectivity index (χ2v) is 6.77. The van der Waals surface area contributed by atoms with Gasteiger partial charge in [0.15, 0.2) is 0 Å². The summed E-state index contributed by atoms with van der Waals surface area (Å²) in [5.74, 6) is -1.42. The largest absolute Gasteiger partial charge is 0.478 e. The number of carbonyl (C=O) groups is 2. The predicted octanol–water partition coefficient (Wildman–Crippen LogP) is 4.95. The highest BCUT2D eigenvalue weighted by atomic mass is 32.1. The molecule has 0 unspecified atom stereocenters. The Kier molecular flexibility index (Phi) is 4.67. The van der Waals surface area contributed by atoms with Crippen molar-refractivity contribution in [3.8, 4) is 0 Å². The van der Waals surface area contributed by atoms with E-state index in [1.54, 1.807) is 29.5 Å². The summed E-state index contributed by atoms with van der Waals surface area (Å²) in [6, 6.07) is 14.5. The van der Waals surface area contributed by atoms with Crippen LogP contribution in [0.4, 0.5) is 5.69 Å². The molecule has 2 N–H and O–H groups in total. The van der Waals surface area contributed by atoms with Crippen LogP contribution in [0.5, 0.6) is 0 Å². The number of amides is 1. The van der Waals surface area contributed by atoms with Crippen LogP contribution in [0.25, 0.3) is 15.7 Å². The summed E-state index contributed by atoms with van der Waals surface area (Å²) >= 11 is 1.65. The molecule has 0 saturated heterocycles. The number of carboxylic acid groups (broad SMARTS) is 1. The molecular weight excluding hydrogens is 334 g/mol. The van der Waals surface area contributed by atoms with Gasteiger partial charge in [-0.3, -0.25) is 4.79 Å². The molecule has 4 nitrogen and oxygen atoms in total. The number of thiophene rings is 1. The van der Waals surface area contributed by atoms with Crippen molar-refractivity contribution >= 4 is 44.6 Å². The summed E-state index contributed by atoms with van der Waals surface area (Å²) in [5, 5.41) is 13.0. The lowest BCUT2D eigenvalue weighted by atomic mass is 10.1. The number of aryl methyl sites for hydroxylation is 1. The molecule has 3 rings (SSSR count). The van der Waals surface area contributed by atoms with Crippen molar-refractivity contribution in [2.24, 2.45) is 0 Å². The van der Waals surface area contributed by atoms with E-state index in [4.69, 9.17) is 0 Å². The van der Waals surface area contributed by atoms with E-state index in [0.717, 1.165) is 16.0 Å². The molecule has 1 amide bonds. The number of benzene rings is 2. The van der Waals surface area contributed by atoms with Crippen LogP contribution in [0.2, 0.25) is 0 Å². The van der Waals surface area contributed by atoms with Crippen molar-refractivity contribution in [1.29, 1.82) is 0 Å². The standard InChI is InChI=1S/C20H17NO3S/c1-12(19-13(2)14-7-4-6-10-17(14)25-19)11-18(22)21-16-9-5-3-8-15(16)20(23)24/h3-11H,1-2H3,(H,21,22)(H,23,24)/b12-11-. The maximum atomic E-state index is 12.3. The SMILES string of the molecule is C/C(=C/C(=O)Nc1ccccc1C(=O)O)c1sc2ccccc2c1C. The number of hydrogen-bond donors (Lipinski definition) is 2. The van der Waals surface area contributed by atoms with Crippen molar-refractivity contribution < 1.29 is 14.7 Å². The molecule has 0 aliphatic heterocycles. The molecule has 0 atom stereocenters.